The zero-order valence-electron chi connectivity index (χ0n) is 75.4. The number of aryl methyl sites for hydroxylation is 3. The van der Waals surface area contributed by atoms with E-state index in [0.717, 1.165) is 0 Å². The van der Waals surface area contributed by atoms with E-state index < -0.39 is 135 Å². The van der Waals surface area contributed by atoms with Crippen LogP contribution in [0.4, 0.5) is 56.6 Å². The molecule has 0 radical (unpaired) electrons. The van der Waals surface area contributed by atoms with Gasteiger partial charge in [0, 0.05) is 112 Å². The van der Waals surface area contributed by atoms with E-state index in [1.165, 1.54) is 50.1 Å². The molecule has 3 aromatic carbocycles. The lowest BCUT2D eigenvalue weighted by atomic mass is 10.0. The number of nitriles is 3. The van der Waals surface area contributed by atoms with Gasteiger partial charge in [0.25, 0.3) is 16.7 Å². The lowest BCUT2D eigenvalue weighted by molar-refractivity contribution is -0.129. The first-order valence-corrected chi connectivity index (χ1v) is 44.7. The average Bonchev–Trinajstić information content (AvgIpc) is 0.726. The van der Waals surface area contributed by atoms with Crippen molar-refractivity contribution in [3.05, 3.63) is 257 Å². The Hall–Kier alpha value is -13.8. The van der Waals surface area contributed by atoms with E-state index in [1.54, 1.807) is 108 Å². The first kappa shape index (κ1) is 102. The molecule has 27 nitrogen and oxygen atoms in total. The first-order chi connectivity index (χ1) is 65.2. The van der Waals surface area contributed by atoms with Crippen LogP contribution in [0, 0.1) is 107 Å². The molecular weight excluding hydrogens is 1930 g/mol. The lowest BCUT2D eigenvalue weighted by Crippen LogP contribution is -2.54. The van der Waals surface area contributed by atoms with E-state index in [1.807, 2.05) is 59.8 Å². The number of fused-ring (bicyclic) bond motifs is 3. The van der Waals surface area contributed by atoms with Crippen molar-refractivity contribution in [1.29, 1.82) is 15.8 Å². The largest absolute Gasteiger partial charge is 0.504 e. The Morgan fingerprint density at radius 2 is 0.630 bits per heavy atom. The summed E-state index contributed by atoms with van der Waals surface area (Å²) in [6.45, 7) is 34.5. The molecule has 3 aliphatic heterocycles. The molecule has 3 atom stereocenters. The van der Waals surface area contributed by atoms with E-state index in [-0.39, 0.29) is 194 Å². The summed E-state index contributed by atoms with van der Waals surface area (Å²) >= 11 is 38.3. The Bertz CT molecular complexity index is 6790. The highest BCUT2D eigenvalue weighted by molar-refractivity contribution is 6.39. The molecule has 15 rings (SSSR count). The number of benzene rings is 3. The number of aromatic hydroxyl groups is 3. The fourth-order valence-electron chi connectivity index (χ4n) is 17.4. The smallest absolute Gasteiger partial charge is 0.276 e. The van der Waals surface area contributed by atoms with Gasteiger partial charge in [-0.3, -0.25) is 57.4 Å². The minimum atomic E-state index is -2.00. The van der Waals surface area contributed by atoms with Gasteiger partial charge in [0.2, 0.25) is 35.2 Å². The van der Waals surface area contributed by atoms with E-state index in [4.69, 9.17) is 69.6 Å². The highest BCUT2D eigenvalue weighted by atomic mass is 35.5. The van der Waals surface area contributed by atoms with Crippen LogP contribution < -0.4 is 31.4 Å². The summed E-state index contributed by atoms with van der Waals surface area (Å²) in [6, 6.07) is 14.0. The molecule has 714 valence electrons. The molecule has 0 aliphatic carbocycles. The normalized spacial score (nSPS) is 15.0. The summed E-state index contributed by atoms with van der Waals surface area (Å²) in [7, 11) is 0. The molecular formula is C96H81Cl6F9N18O9. The molecule has 3 amide bonds. The predicted molar refractivity (Wildman–Crippen MR) is 508 cm³/mol. The molecule has 0 bridgehead atoms. The number of nitrogens with zero attached hydrogens (tertiary/aromatic N) is 18. The van der Waals surface area contributed by atoms with Crippen LogP contribution in [0.1, 0.15) is 131 Å². The maximum Gasteiger partial charge on any atom is 0.276 e. The number of carbonyl (C=O) groups is 3. The summed E-state index contributed by atoms with van der Waals surface area (Å²) in [5, 5.41) is 58.7. The number of hydrogen-bond acceptors (Lipinski definition) is 21. The van der Waals surface area contributed by atoms with Gasteiger partial charge in [-0.2, -0.15) is 29.0 Å². The van der Waals surface area contributed by atoms with Gasteiger partial charge >= 0.3 is 0 Å². The van der Waals surface area contributed by atoms with Gasteiger partial charge in [0.1, 0.15) is 51.8 Å². The monoisotopic (exact) mass is 2010 g/mol. The molecule has 12 aromatic rings. The van der Waals surface area contributed by atoms with Crippen molar-refractivity contribution in [3.8, 4) is 86.3 Å². The number of aromatic nitrogens is 9. The molecule has 12 heterocycles. The maximum atomic E-state index is 15.3. The van der Waals surface area contributed by atoms with Crippen LogP contribution in [0.3, 0.4) is 0 Å². The van der Waals surface area contributed by atoms with Crippen molar-refractivity contribution < 1.29 is 69.2 Å². The molecule has 3 N–H and O–H groups in total. The summed E-state index contributed by atoms with van der Waals surface area (Å²) in [4.78, 5) is 118. The van der Waals surface area contributed by atoms with Crippen LogP contribution >= 0.6 is 69.6 Å². The molecule has 42 heteroatoms. The standard InChI is InChI=1S/3C32H27Cl2F3N6O3/c3*1-6-20(44)42-10-9-41(13-16(42)5)29-17-11-19(33)27(21-22(34)30(45)25(37)24(36)23(21)35)40-31(17)43(32(46)18(29)12-38)28-15(4)7-8-39-26(28)14(2)3/h3*6-8,11,14,16,45H,1,9-10,13H2,2-5H3/t3*16-/m111/s1. The molecule has 3 saturated heterocycles. The number of phenols is 3. The van der Waals surface area contributed by atoms with Gasteiger partial charge in [-0.25, -0.2) is 41.3 Å². The predicted octanol–water partition coefficient (Wildman–Crippen LogP) is 19.2. The summed E-state index contributed by atoms with van der Waals surface area (Å²) in [5.41, 5.74) is -2.69. The van der Waals surface area contributed by atoms with Crippen molar-refractivity contribution >= 4 is 137 Å². The molecule has 0 saturated carbocycles. The second kappa shape index (κ2) is 40.1. The molecule has 0 unspecified atom stereocenters. The van der Waals surface area contributed by atoms with Gasteiger partial charge in [0.05, 0.1) is 115 Å². The van der Waals surface area contributed by atoms with Crippen molar-refractivity contribution in [2.75, 3.05) is 73.6 Å². The van der Waals surface area contributed by atoms with Crippen molar-refractivity contribution in [2.45, 2.75) is 119 Å². The number of amides is 3. The number of hydrogen-bond donors (Lipinski definition) is 3. The molecule has 9 aromatic heterocycles. The fraction of sp³-hybridized carbons (Fsp3) is 0.281. The number of carbonyl (C=O) groups excluding carboxylic acids is 3. The van der Waals surface area contributed by atoms with Crippen LogP contribution in [-0.2, 0) is 14.4 Å². The quantitative estimate of drug-likeness (QED) is 0.0371. The number of rotatable bonds is 15. The lowest BCUT2D eigenvalue weighted by Gasteiger charge is -2.41. The number of anilines is 3. The second-order valence-corrected chi connectivity index (χ2v) is 35.9. The van der Waals surface area contributed by atoms with Crippen LogP contribution in [0.2, 0.25) is 30.1 Å². The second-order valence-electron chi connectivity index (χ2n) is 33.6. The third kappa shape index (κ3) is 17.6. The molecule has 3 aliphatic rings. The Morgan fingerprint density at radius 1 is 0.399 bits per heavy atom. The van der Waals surface area contributed by atoms with E-state index in [2.05, 4.69) is 49.6 Å². The SMILES string of the molecule is C=CC(=O)N1CCN(c2c(C#N)c(=O)n(-c3c(C)ccnc3C(C)C)c3nc(-c4c(F)c(F)c(F)c(O)c4Cl)c(Cl)cc23)C[C@H]1C.C=CC(=O)N1CCN(c2c(C#N)c(=O)n(-c3c(C)ccnc3C(C)C)c3nc(-c4c(F)c(F)c(F)c(O)c4Cl)c(Cl)cc23)C[C@H]1C.C=CC(=O)N1CCN(c2c(C#N)c(=O)n(-c3c(C)ccnc3C(C)C)c3nc(-c4c(F)c(F)c(F)c(O)c4Cl)c(Cl)cc23)C[C@H]1C. The van der Waals surface area contributed by atoms with Crippen LogP contribution in [0.25, 0.3) is 83.9 Å². The van der Waals surface area contributed by atoms with Crippen molar-refractivity contribution in [1.82, 2.24) is 58.3 Å². The Kier molecular flexibility index (Phi) is 29.5. The zero-order chi connectivity index (χ0) is 101. The van der Waals surface area contributed by atoms with Crippen LogP contribution in [0.5, 0.6) is 17.2 Å². The van der Waals surface area contributed by atoms with E-state index in [0.29, 0.717) is 50.8 Å². The zero-order valence-corrected chi connectivity index (χ0v) is 79.9. The van der Waals surface area contributed by atoms with Crippen LogP contribution in [-0.4, -0.2) is 168 Å². The highest BCUT2D eigenvalue weighted by Gasteiger charge is 2.40. The minimum Gasteiger partial charge on any atom is -0.504 e. The topological polar surface area (TPSA) is 346 Å². The number of halogens is 15. The van der Waals surface area contributed by atoms with E-state index >= 15 is 13.2 Å². The number of pyridine rings is 9. The molecule has 0 spiro atoms. The highest BCUT2D eigenvalue weighted by Crippen LogP contribution is 2.50. The summed E-state index contributed by atoms with van der Waals surface area (Å²) < 4.78 is 135. The third-order valence-corrected chi connectivity index (χ3v) is 25.9. The maximum absolute atomic E-state index is 15.3. The van der Waals surface area contributed by atoms with Crippen LogP contribution in [0.15, 0.2) is 107 Å². The average molecular weight is 2010 g/mol. The number of piperazine rings is 3. The van der Waals surface area contributed by atoms with Gasteiger partial charge in [-0.15, -0.1) is 0 Å². The summed E-state index contributed by atoms with van der Waals surface area (Å²) in [6.07, 6.45) is 8.33. The van der Waals surface area contributed by atoms with Crippen molar-refractivity contribution in [2.24, 2.45) is 0 Å². The Morgan fingerprint density at radius 3 is 0.833 bits per heavy atom. The Balaban J connectivity index is 0.000000175. The van der Waals surface area contributed by atoms with Gasteiger partial charge in [-0.05, 0) is 131 Å². The molecule has 3 fully saturated rings. The molecule has 138 heavy (non-hydrogen) atoms. The minimum absolute atomic E-state index is 0.117. The third-order valence-electron chi connectivity index (χ3n) is 24.0. The van der Waals surface area contributed by atoms with Gasteiger partial charge in [0.15, 0.2) is 52.2 Å². The number of phenolic OH excluding ortho intramolecular Hbond substituents is 3. The summed E-state index contributed by atoms with van der Waals surface area (Å²) in [5.74, 6) is -22.4. The van der Waals surface area contributed by atoms with E-state index in [9.17, 15) is 86.2 Å². The van der Waals surface area contributed by atoms with Gasteiger partial charge in [-0.1, -0.05) is 131 Å². The Labute approximate surface area is 811 Å². The van der Waals surface area contributed by atoms with Crippen molar-refractivity contribution in [3.63, 3.8) is 0 Å². The first-order valence-electron chi connectivity index (χ1n) is 42.4. The fourth-order valence-corrected chi connectivity index (χ4v) is 18.9. The van der Waals surface area contributed by atoms with Gasteiger partial charge < -0.3 is 44.7 Å².